The second-order valence-corrected chi connectivity index (χ2v) is 3.29. The molecular formula is C11H15F2NO. The molecule has 1 aromatic carbocycles. The Hall–Kier alpha value is -1.16. The number of halogens is 2. The molecule has 1 aromatic rings. The highest BCUT2D eigenvalue weighted by atomic mass is 19.2. The van der Waals surface area contributed by atoms with Gasteiger partial charge in [-0.15, -0.1) is 0 Å². The lowest BCUT2D eigenvalue weighted by molar-refractivity contribution is 0.206. The number of nitrogens with one attached hydrogen (secondary N) is 1. The predicted molar refractivity (Wildman–Crippen MR) is 55.0 cm³/mol. The van der Waals surface area contributed by atoms with Crippen molar-refractivity contribution in [3.63, 3.8) is 0 Å². The zero-order chi connectivity index (χ0) is 11.3. The van der Waals surface area contributed by atoms with Gasteiger partial charge in [0.15, 0.2) is 11.6 Å². The lowest BCUT2D eigenvalue weighted by Crippen LogP contribution is -2.28. The van der Waals surface area contributed by atoms with E-state index in [1.165, 1.54) is 12.1 Å². The SMILES string of the molecule is CCNCC(C)Oc1cccc(F)c1F. The third-order valence-corrected chi connectivity index (χ3v) is 1.93. The van der Waals surface area contributed by atoms with Crippen molar-refractivity contribution in [2.75, 3.05) is 13.1 Å². The van der Waals surface area contributed by atoms with Gasteiger partial charge in [-0.05, 0) is 25.6 Å². The van der Waals surface area contributed by atoms with Crippen molar-refractivity contribution in [3.05, 3.63) is 29.8 Å². The van der Waals surface area contributed by atoms with Crippen molar-refractivity contribution in [1.29, 1.82) is 0 Å². The smallest absolute Gasteiger partial charge is 0.200 e. The van der Waals surface area contributed by atoms with Gasteiger partial charge < -0.3 is 10.1 Å². The van der Waals surface area contributed by atoms with Crippen molar-refractivity contribution < 1.29 is 13.5 Å². The van der Waals surface area contributed by atoms with Gasteiger partial charge in [0.2, 0.25) is 5.82 Å². The lowest BCUT2D eigenvalue weighted by Gasteiger charge is -2.15. The Morgan fingerprint density at radius 1 is 1.40 bits per heavy atom. The fourth-order valence-corrected chi connectivity index (χ4v) is 1.18. The number of hydrogen-bond acceptors (Lipinski definition) is 2. The van der Waals surface area contributed by atoms with E-state index in [0.717, 1.165) is 12.6 Å². The van der Waals surface area contributed by atoms with E-state index in [-0.39, 0.29) is 11.9 Å². The van der Waals surface area contributed by atoms with Crippen LogP contribution in [0.4, 0.5) is 8.78 Å². The fourth-order valence-electron chi connectivity index (χ4n) is 1.18. The van der Waals surface area contributed by atoms with E-state index in [1.807, 2.05) is 6.92 Å². The molecule has 4 heteroatoms. The predicted octanol–water partition coefficient (Wildman–Crippen LogP) is 2.34. The van der Waals surface area contributed by atoms with E-state index in [2.05, 4.69) is 5.32 Å². The van der Waals surface area contributed by atoms with E-state index in [4.69, 9.17) is 4.74 Å². The van der Waals surface area contributed by atoms with Gasteiger partial charge >= 0.3 is 0 Å². The van der Waals surface area contributed by atoms with Crippen molar-refractivity contribution in [2.45, 2.75) is 20.0 Å². The number of likely N-dealkylation sites (N-methyl/N-ethyl adjacent to an activating group) is 1. The van der Waals surface area contributed by atoms with Crippen molar-refractivity contribution in [2.24, 2.45) is 0 Å². The van der Waals surface area contributed by atoms with Crippen LogP contribution in [0.5, 0.6) is 5.75 Å². The highest BCUT2D eigenvalue weighted by molar-refractivity contribution is 5.25. The van der Waals surface area contributed by atoms with Crippen molar-refractivity contribution in [3.8, 4) is 5.75 Å². The van der Waals surface area contributed by atoms with Gasteiger partial charge in [0, 0.05) is 6.54 Å². The summed E-state index contributed by atoms with van der Waals surface area (Å²) in [5.74, 6) is -1.86. The summed E-state index contributed by atoms with van der Waals surface area (Å²) in [4.78, 5) is 0. The molecule has 0 aliphatic heterocycles. The lowest BCUT2D eigenvalue weighted by atomic mass is 10.3. The maximum atomic E-state index is 13.2. The molecule has 1 atom stereocenters. The second-order valence-electron chi connectivity index (χ2n) is 3.29. The minimum Gasteiger partial charge on any atom is -0.486 e. The molecule has 15 heavy (non-hydrogen) atoms. The molecule has 0 bridgehead atoms. The number of rotatable bonds is 5. The van der Waals surface area contributed by atoms with Gasteiger partial charge in [-0.1, -0.05) is 13.0 Å². The summed E-state index contributed by atoms with van der Waals surface area (Å²) in [5.41, 5.74) is 0. The quantitative estimate of drug-likeness (QED) is 0.814. The molecule has 84 valence electrons. The number of benzene rings is 1. The molecule has 0 saturated heterocycles. The van der Waals surface area contributed by atoms with Crippen LogP contribution >= 0.6 is 0 Å². The summed E-state index contributed by atoms with van der Waals surface area (Å²) in [5, 5.41) is 3.06. The molecule has 2 nitrogen and oxygen atoms in total. The van der Waals surface area contributed by atoms with Crippen LogP contribution in [0.15, 0.2) is 18.2 Å². The Bertz CT molecular complexity index is 317. The summed E-state index contributed by atoms with van der Waals surface area (Å²) < 4.78 is 31.2. The van der Waals surface area contributed by atoms with E-state index in [1.54, 1.807) is 6.92 Å². The first kappa shape index (κ1) is 11.9. The van der Waals surface area contributed by atoms with Crippen molar-refractivity contribution >= 4 is 0 Å². The first-order chi connectivity index (χ1) is 7.15. The minimum atomic E-state index is -0.930. The van der Waals surface area contributed by atoms with Gasteiger partial charge in [-0.3, -0.25) is 0 Å². The molecule has 0 saturated carbocycles. The molecule has 0 fully saturated rings. The summed E-state index contributed by atoms with van der Waals surface area (Å²) in [6, 6.07) is 3.91. The first-order valence-electron chi connectivity index (χ1n) is 4.96. The third-order valence-electron chi connectivity index (χ3n) is 1.93. The summed E-state index contributed by atoms with van der Waals surface area (Å²) in [6.45, 7) is 5.19. The first-order valence-corrected chi connectivity index (χ1v) is 4.96. The van der Waals surface area contributed by atoms with Crippen LogP contribution < -0.4 is 10.1 Å². The molecule has 0 aliphatic rings. The summed E-state index contributed by atoms with van der Waals surface area (Å²) in [7, 11) is 0. The van der Waals surface area contributed by atoms with Gasteiger partial charge in [-0.25, -0.2) is 4.39 Å². The molecule has 0 heterocycles. The van der Waals surface area contributed by atoms with Crippen LogP contribution in [-0.2, 0) is 0 Å². The highest BCUT2D eigenvalue weighted by Crippen LogP contribution is 2.20. The molecular weight excluding hydrogens is 200 g/mol. The molecule has 1 unspecified atom stereocenters. The average molecular weight is 215 g/mol. The normalized spacial score (nSPS) is 12.5. The minimum absolute atomic E-state index is 0.0413. The third kappa shape index (κ3) is 3.47. The van der Waals surface area contributed by atoms with Crippen LogP contribution in [-0.4, -0.2) is 19.2 Å². The standard InChI is InChI=1S/C11H15F2NO/c1-3-14-7-8(2)15-10-6-4-5-9(12)11(10)13/h4-6,8,14H,3,7H2,1-2H3. The van der Waals surface area contributed by atoms with E-state index >= 15 is 0 Å². The average Bonchev–Trinajstić information content (AvgIpc) is 2.22. The van der Waals surface area contributed by atoms with E-state index in [0.29, 0.717) is 6.54 Å². The van der Waals surface area contributed by atoms with E-state index in [9.17, 15) is 8.78 Å². The van der Waals surface area contributed by atoms with Gasteiger partial charge in [-0.2, -0.15) is 4.39 Å². The molecule has 0 spiro atoms. The Balaban J connectivity index is 2.60. The highest BCUT2D eigenvalue weighted by Gasteiger charge is 2.11. The molecule has 0 amide bonds. The maximum absolute atomic E-state index is 13.2. The maximum Gasteiger partial charge on any atom is 0.200 e. The number of ether oxygens (including phenoxy) is 1. The zero-order valence-corrected chi connectivity index (χ0v) is 8.89. The van der Waals surface area contributed by atoms with Crippen molar-refractivity contribution in [1.82, 2.24) is 5.32 Å². The largest absolute Gasteiger partial charge is 0.486 e. The Labute approximate surface area is 88.3 Å². The van der Waals surface area contributed by atoms with Crippen LogP contribution in [0, 0.1) is 11.6 Å². The van der Waals surface area contributed by atoms with E-state index < -0.39 is 11.6 Å². The second kappa shape index (κ2) is 5.66. The van der Waals surface area contributed by atoms with Crippen LogP contribution in [0.1, 0.15) is 13.8 Å². The zero-order valence-electron chi connectivity index (χ0n) is 8.89. The van der Waals surface area contributed by atoms with Gasteiger partial charge in [0.25, 0.3) is 0 Å². The number of hydrogen-bond donors (Lipinski definition) is 1. The Kier molecular flexibility index (Phi) is 4.49. The van der Waals surface area contributed by atoms with Gasteiger partial charge in [0.1, 0.15) is 6.10 Å². The monoisotopic (exact) mass is 215 g/mol. The molecule has 1 N–H and O–H groups in total. The van der Waals surface area contributed by atoms with Crippen LogP contribution in [0.25, 0.3) is 0 Å². The molecule has 0 radical (unpaired) electrons. The Morgan fingerprint density at radius 2 is 2.13 bits per heavy atom. The van der Waals surface area contributed by atoms with Crippen LogP contribution in [0.3, 0.4) is 0 Å². The topological polar surface area (TPSA) is 21.3 Å². The molecule has 1 rings (SSSR count). The summed E-state index contributed by atoms with van der Waals surface area (Å²) in [6.07, 6.45) is -0.193. The molecule has 0 aliphatic carbocycles. The Morgan fingerprint density at radius 3 is 2.80 bits per heavy atom. The van der Waals surface area contributed by atoms with Crippen LogP contribution in [0.2, 0.25) is 0 Å². The summed E-state index contributed by atoms with van der Waals surface area (Å²) >= 11 is 0. The molecule has 0 aromatic heterocycles. The van der Waals surface area contributed by atoms with Gasteiger partial charge in [0.05, 0.1) is 0 Å². The fraction of sp³-hybridized carbons (Fsp3) is 0.455.